The Morgan fingerprint density at radius 3 is 2.50 bits per heavy atom. The van der Waals surface area contributed by atoms with Crippen molar-refractivity contribution in [2.24, 2.45) is 5.73 Å². The molecule has 0 saturated carbocycles. The summed E-state index contributed by atoms with van der Waals surface area (Å²) >= 11 is 1.36. The van der Waals surface area contributed by atoms with Crippen LogP contribution in [0.3, 0.4) is 0 Å². The van der Waals surface area contributed by atoms with E-state index in [1.807, 2.05) is 0 Å². The Kier molecular flexibility index (Phi) is 3.91. The fraction of sp³-hybridized carbons (Fsp3) is 0.889. The van der Waals surface area contributed by atoms with Gasteiger partial charge in [-0.2, -0.15) is 0 Å². The molecule has 0 aromatic heterocycles. The van der Waals surface area contributed by atoms with Gasteiger partial charge in [-0.15, -0.1) is 11.8 Å². The van der Waals surface area contributed by atoms with Crippen molar-refractivity contribution in [2.45, 2.75) is 36.3 Å². The highest BCUT2D eigenvalue weighted by atomic mass is 32.2. The van der Waals surface area contributed by atoms with E-state index in [9.17, 15) is 13.2 Å². The molecule has 0 aliphatic carbocycles. The standard InChI is InChI=1S/C9H17NO4S2/c1-9(2,7(10)8(11)12)15-6-3-4-16(13,14)5-6/h6-7H,3-5,10H2,1-2H3,(H,11,12)/t6?,7-/m1/s1. The first kappa shape index (κ1) is 13.8. The smallest absolute Gasteiger partial charge is 0.321 e. The number of carboxylic acid groups (broad SMARTS) is 1. The Morgan fingerprint density at radius 1 is 1.56 bits per heavy atom. The number of thioether (sulfide) groups is 1. The van der Waals surface area contributed by atoms with Gasteiger partial charge in [-0.3, -0.25) is 4.79 Å². The monoisotopic (exact) mass is 267 g/mol. The number of hydrogen-bond donors (Lipinski definition) is 2. The van der Waals surface area contributed by atoms with Crippen LogP contribution < -0.4 is 5.73 Å². The van der Waals surface area contributed by atoms with Crippen molar-refractivity contribution in [1.82, 2.24) is 0 Å². The van der Waals surface area contributed by atoms with E-state index in [-0.39, 0.29) is 16.8 Å². The first-order chi connectivity index (χ1) is 7.14. The van der Waals surface area contributed by atoms with Crippen LogP contribution in [0.25, 0.3) is 0 Å². The zero-order valence-electron chi connectivity index (χ0n) is 9.34. The van der Waals surface area contributed by atoms with Crippen molar-refractivity contribution in [2.75, 3.05) is 11.5 Å². The minimum Gasteiger partial charge on any atom is -0.480 e. The summed E-state index contributed by atoms with van der Waals surface area (Å²) in [4.78, 5) is 10.8. The highest BCUT2D eigenvalue weighted by Crippen LogP contribution is 2.36. The maximum absolute atomic E-state index is 11.3. The fourth-order valence-electron chi connectivity index (χ4n) is 1.65. The molecule has 7 heteroatoms. The largest absolute Gasteiger partial charge is 0.480 e. The van der Waals surface area contributed by atoms with E-state index in [4.69, 9.17) is 10.8 Å². The minimum absolute atomic E-state index is 0.0367. The van der Waals surface area contributed by atoms with Gasteiger partial charge in [0.05, 0.1) is 11.5 Å². The molecule has 0 bridgehead atoms. The van der Waals surface area contributed by atoms with Crippen LogP contribution in [0.2, 0.25) is 0 Å². The zero-order chi connectivity index (χ0) is 12.6. The topological polar surface area (TPSA) is 97.5 Å². The van der Waals surface area contributed by atoms with Gasteiger partial charge in [-0.25, -0.2) is 8.42 Å². The van der Waals surface area contributed by atoms with Crippen molar-refractivity contribution < 1.29 is 18.3 Å². The molecule has 0 aromatic carbocycles. The molecule has 1 fully saturated rings. The molecule has 1 heterocycles. The molecule has 0 amide bonds. The SMILES string of the molecule is CC(C)(SC1CCS(=O)(=O)C1)[C@H](N)C(=O)O. The number of sulfone groups is 1. The summed E-state index contributed by atoms with van der Waals surface area (Å²) in [7, 11) is -2.92. The Morgan fingerprint density at radius 2 is 2.12 bits per heavy atom. The predicted octanol–water partition coefficient (Wildman–Crippen LogP) is 0.0972. The third-order valence-electron chi connectivity index (χ3n) is 2.68. The van der Waals surface area contributed by atoms with Crippen LogP contribution in [-0.2, 0) is 14.6 Å². The summed E-state index contributed by atoms with van der Waals surface area (Å²) in [5, 5.41) is 8.80. The van der Waals surface area contributed by atoms with Gasteiger partial charge in [0.1, 0.15) is 6.04 Å². The zero-order valence-corrected chi connectivity index (χ0v) is 11.0. The second kappa shape index (κ2) is 4.54. The van der Waals surface area contributed by atoms with Gasteiger partial charge in [-0.1, -0.05) is 0 Å². The van der Waals surface area contributed by atoms with Crippen molar-refractivity contribution in [3.05, 3.63) is 0 Å². The number of carbonyl (C=O) groups is 1. The average Bonchev–Trinajstić information content (AvgIpc) is 2.43. The Bertz CT molecular complexity index is 377. The summed E-state index contributed by atoms with van der Waals surface area (Å²) in [5.74, 6) is -0.727. The van der Waals surface area contributed by atoms with Crippen LogP contribution >= 0.6 is 11.8 Å². The first-order valence-corrected chi connectivity index (χ1v) is 7.71. The first-order valence-electron chi connectivity index (χ1n) is 5.01. The quantitative estimate of drug-likeness (QED) is 0.749. The molecule has 1 saturated heterocycles. The van der Waals surface area contributed by atoms with Crippen LogP contribution in [0, 0.1) is 0 Å². The van der Waals surface area contributed by atoms with E-state index >= 15 is 0 Å². The number of nitrogens with two attached hydrogens (primary N) is 1. The Hall–Kier alpha value is -0.270. The van der Waals surface area contributed by atoms with Gasteiger partial charge in [0.25, 0.3) is 0 Å². The summed E-state index contributed by atoms with van der Waals surface area (Å²) in [6.07, 6.45) is 0.586. The third kappa shape index (κ3) is 3.36. The van der Waals surface area contributed by atoms with Gasteiger partial charge in [0.15, 0.2) is 9.84 Å². The van der Waals surface area contributed by atoms with E-state index < -0.39 is 26.6 Å². The summed E-state index contributed by atoms with van der Waals surface area (Å²) in [5.41, 5.74) is 5.57. The number of carboxylic acids is 1. The van der Waals surface area contributed by atoms with E-state index in [1.165, 1.54) is 11.8 Å². The number of rotatable bonds is 4. The van der Waals surface area contributed by atoms with Crippen molar-refractivity contribution in [1.29, 1.82) is 0 Å². The lowest BCUT2D eigenvalue weighted by molar-refractivity contribution is -0.139. The van der Waals surface area contributed by atoms with Crippen LogP contribution in [-0.4, -0.2) is 47.0 Å². The molecule has 0 aromatic rings. The van der Waals surface area contributed by atoms with Gasteiger partial charge in [0, 0.05) is 10.00 Å². The Labute approximate surface area is 99.7 Å². The highest BCUT2D eigenvalue weighted by Gasteiger charge is 2.38. The molecule has 0 spiro atoms. The molecule has 1 rings (SSSR count). The molecular weight excluding hydrogens is 250 g/mol. The van der Waals surface area contributed by atoms with Crippen LogP contribution in [0.15, 0.2) is 0 Å². The number of aliphatic carboxylic acids is 1. The summed E-state index contributed by atoms with van der Waals surface area (Å²) < 4.78 is 21.9. The molecule has 5 nitrogen and oxygen atoms in total. The van der Waals surface area contributed by atoms with Gasteiger partial charge >= 0.3 is 5.97 Å². The predicted molar refractivity (Wildman–Crippen MR) is 64.3 cm³/mol. The average molecular weight is 267 g/mol. The molecule has 1 aliphatic rings. The van der Waals surface area contributed by atoms with Gasteiger partial charge < -0.3 is 10.8 Å². The second-order valence-corrected chi connectivity index (χ2v) is 8.75. The maximum atomic E-state index is 11.3. The summed E-state index contributed by atoms with van der Waals surface area (Å²) in [6, 6.07) is -0.985. The summed E-state index contributed by atoms with van der Waals surface area (Å²) in [6.45, 7) is 3.47. The van der Waals surface area contributed by atoms with Crippen molar-refractivity contribution in [3.8, 4) is 0 Å². The second-order valence-electron chi connectivity index (χ2n) is 4.56. The Balaban J connectivity index is 2.64. The molecular formula is C9H17NO4S2. The molecule has 1 aliphatic heterocycles. The fourth-order valence-corrected chi connectivity index (χ4v) is 5.58. The van der Waals surface area contributed by atoms with Gasteiger partial charge in [0.2, 0.25) is 0 Å². The van der Waals surface area contributed by atoms with E-state index in [2.05, 4.69) is 0 Å². The lowest BCUT2D eigenvalue weighted by Crippen LogP contribution is -2.47. The van der Waals surface area contributed by atoms with E-state index in [1.54, 1.807) is 13.8 Å². The molecule has 16 heavy (non-hydrogen) atoms. The maximum Gasteiger partial charge on any atom is 0.321 e. The van der Waals surface area contributed by atoms with Crippen molar-refractivity contribution >= 4 is 27.6 Å². The molecule has 94 valence electrons. The molecule has 2 atom stereocenters. The third-order valence-corrected chi connectivity index (χ3v) is 6.25. The molecule has 0 radical (unpaired) electrons. The normalized spacial score (nSPS) is 26.6. The van der Waals surface area contributed by atoms with E-state index in [0.717, 1.165) is 0 Å². The van der Waals surface area contributed by atoms with Crippen LogP contribution in [0.5, 0.6) is 0 Å². The van der Waals surface area contributed by atoms with Crippen LogP contribution in [0.1, 0.15) is 20.3 Å². The lowest BCUT2D eigenvalue weighted by atomic mass is 10.1. The van der Waals surface area contributed by atoms with Crippen molar-refractivity contribution in [3.63, 3.8) is 0 Å². The lowest BCUT2D eigenvalue weighted by Gasteiger charge is -2.30. The van der Waals surface area contributed by atoms with Gasteiger partial charge in [-0.05, 0) is 20.3 Å². The molecule has 1 unspecified atom stereocenters. The molecule has 3 N–H and O–H groups in total. The highest BCUT2D eigenvalue weighted by molar-refractivity contribution is 8.03. The van der Waals surface area contributed by atoms with E-state index in [0.29, 0.717) is 6.42 Å². The number of hydrogen-bond acceptors (Lipinski definition) is 5. The van der Waals surface area contributed by atoms with Crippen LogP contribution in [0.4, 0.5) is 0 Å². The minimum atomic E-state index is -2.92.